The first-order valence-electron chi connectivity index (χ1n) is 23.7. The van der Waals surface area contributed by atoms with E-state index in [0.717, 1.165) is 26.2 Å². The van der Waals surface area contributed by atoms with E-state index in [-0.39, 0.29) is 0 Å². The van der Waals surface area contributed by atoms with Crippen molar-refractivity contribution in [1.82, 2.24) is 18.3 Å². The van der Waals surface area contributed by atoms with Gasteiger partial charge in [-0.3, -0.25) is 0 Å². The minimum Gasteiger partial charge on any atom is -0.340 e. The third-order valence-electron chi connectivity index (χ3n) is 14.3. The predicted octanol–water partition coefficient (Wildman–Crippen LogP) is 16.3. The normalized spacial score (nSPS) is 12.2. The molecule has 8 aromatic carbocycles. The summed E-state index contributed by atoms with van der Waals surface area (Å²) in [5.74, 6) is 0. The molecule has 64 heavy (non-hydrogen) atoms. The average Bonchev–Trinajstić information content (AvgIpc) is 4.06. The predicted molar refractivity (Wildman–Crippen MR) is 274 cm³/mol. The van der Waals surface area contributed by atoms with Crippen LogP contribution in [0.2, 0.25) is 0 Å². The molecule has 4 heteroatoms. The van der Waals surface area contributed by atoms with Gasteiger partial charge in [-0.25, -0.2) is 0 Å². The summed E-state index contributed by atoms with van der Waals surface area (Å²) in [5, 5.41) is 10.8. The van der Waals surface area contributed by atoms with E-state index in [1.54, 1.807) is 0 Å². The van der Waals surface area contributed by atoms with Crippen molar-refractivity contribution in [2.75, 3.05) is 0 Å². The molecule has 4 nitrogen and oxygen atoms in total. The van der Waals surface area contributed by atoms with Gasteiger partial charge in [-0.2, -0.15) is 0 Å². The van der Waals surface area contributed by atoms with Crippen LogP contribution in [0, 0.1) is 0 Å². The molecule has 12 aromatic rings. The number of benzene rings is 8. The molecule has 314 valence electrons. The second-order valence-electron chi connectivity index (χ2n) is 18.0. The molecule has 0 saturated carbocycles. The Morgan fingerprint density at radius 2 is 0.422 bits per heavy atom. The van der Waals surface area contributed by atoms with Gasteiger partial charge >= 0.3 is 0 Å². The standard InChI is InChI=1S/C60H54N4/c1(17-37-61-53-27-11-5-21-45(53)46-22-6-12-28-54(46)61)3-19-39-63-57-31-15-9-25-49(57)51-41-43(33-35-59(51)63)44-34-36-60-52(42-44)50-26-10-16-32-58(50)64(60)40-20-4-2-18-38-62-55-29-13-7-23-47(55)48-24-8-14-30-56(48)62/h5-16,21-36,41-42H,1-4,17-20,37-40H2. The van der Waals surface area contributed by atoms with Gasteiger partial charge < -0.3 is 18.3 Å². The number of aromatic nitrogens is 4. The molecule has 0 N–H and O–H groups in total. The van der Waals surface area contributed by atoms with Crippen molar-refractivity contribution >= 4 is 87.2 Å². The third-order valence-corrected chi connectivity index (χ3v) is 14.3. The van der Waals surface area contributed by atoms with Crippen LogP contribution in [-0.4, -0.2) is 18.3 Å². The van der Waals surface area contributed by atoms with E-state index in [1.807, 2.05) is 0 Å². The largest absolute Gasteiger partial charge is 0.340 e. The van der Waals surface area contributed by atoms with Gasteiger partial charge in [-0.15, -0.1) is 0 Å². The molecule has 0 atom stereocenters. The van der Waals surface area contributed by atoms with Crippen LogP contribution in [0.15, 0.2) is 182 Å². The summed E-state index contributed by atoms with van der Waals surface area (Å²) in [6, 6.07) is 67.8. The summed E-state index contributed by atoms with van der Waals surface area (Å²) in [5.41, 5.74) is 13.3. The minimum atomic E-state index is 1.03. The molecule has 0 spiro atoms. The van der Waals surface area contributed by atoms with Crippen molar-refractivity contribution in [3.63, 3.8) is 0 Å². The van der Waals surface area contributed by atoms with E-state index in [4.69, 9.17) is 0 Å². The van der Waals surface area contributed by atoms with Crippen LogP contribution in [0.1, 0.15) is 51.4 Å². The highest BCUT2D eigenvalue weighted by Crippen LogP contribution is 2.37. The van der Waals surface area contributed by atoms with E-state index in [9.17, 15) is 0 Å². The van der Waals surface area contributed by atoms with Crippen molar-refractivity contribution in [3.8, 4) is 11.1 Å². The lowest BCUT2D eigenvalue weighted by Gasteiger charge is -2.10. The van der Waals surface area contributed by atoms with Crippen LogP contribution < -0.4 is 0 Å². The van der Waals surface area contributed by atoms with Crippen molar-refractivity contribution in [1.29, 1.82) is 0 Å². The first-order valence-corrected chi connectivity index (χ1v) is 23.7. The van der Waals surface area contributed by atoms with Gasteiger partial charge in [0.05, 0.1) is 0 Å². The van der Waals surface area contributed by atoms with E-state index in [1.165, 1.54) is 150 Å². The number of unbranched alkanes of at least 4 members (excludes halogenated alkanes) is 6. The molecule has 0 bridgehead atoms. The molecule has 4 aromatic heterocycles. The van der Waals surface area contributed by atoms with Crippen molar-refractivity contribution in [2.24, 2.45) is 0 Å². The lowest BCUT2D eigenvalue weighted by molar-refractivity contribution is 0.559. The van der Waals surface area contributed by atoms with E-state index >= 15 is 0 Å². The molecule has 0 unspecified atom stereocenters. The van der Waals surface area contributed by atoms with Crippen LogP contribution in [0.25, 0.3) is 98.4 Å². The lowest BCUT2D eigenvalue weighted by Crippen LogP contribution is -2.00. The van der Waals surface area contributed by atoms with Gasteiger partial charge in [0.25, 0.3) is 0 Å². The van der Waals surface area contributed by atoms with Crippen LogP contribution in [-0.2, 0) is 26.2 Å². The van der Waals surface area contributed by atoms with Crippen LogP contribution >= 0.6 is 0 Å². The van der Waals surface area contributed by atoms with Gasteiger partial charge in [0.2, 0.25) is 0 Å². The number of hydrogen-bond donors (Lipinski definition) is 0. The molecule has 12 rings (SSSR count). The van der Waals surface area contributed by atoms with E-state index < -0.39 is 0 Å². The van der Waals surface area contributed by atoms with E-state index in [2.05, 4.69) is 200 Å². The zero-order valence-corrected chi connectivity index (χ0v) is 36.6. The Hall–Kier alpha value is -7.04. The van der Waals surface area contributed by atoms with Gasteiger partial charge in [0, 0.05) is 113 Å². The fourth-order valence-electron chi connectivity index (χ4n) is 11.2. The smallest absolute Gasteiger partial charge is 0.0491 e. The number of hydrogen-bond acceptors (Lipinski definition) is 0. The molecule has 0 fully saturated rings. The monoisotopic (exact) mass is 830 g/mol. The number of para-hydroxylation sites is 6. The Bertz CT molecular complexity index is 3300. The number of rotatable bonds is 15. The maximum Gasteiger partial charge on any atom is 0.0491 e. The number of fused-ring (bicyclic) bond motifs is 12. The summed E-state index contributed by atoms with van der Waals surface area (Å²) in [6.45, 7) is 4.19. The maximum absolute atomic E-state index is 2.57. The van der Waals surface area contributed by atoms with Crippen molar-refractivity contribution in [3.05, 3.63) is 182 Å². The zero-order valence-electron chi connectivity index (χ0n) is 36.6. The summed E-state index contributed by atoms with van der Waals surface area (Å²) in [7, 11) is 0. The van der Waals surface area contributed by atoms with Gasteiger partial charge in [0.15, 0.2) is 0 Å². The van der Waals surface area contributed by atoms with E-state index in [0.29, 0.717) is 0 Å². The first-order chi connectivity index (χ1) is 31.8. The fraction of sp³-hybridized carbons (Fsp3) is 0.200. The minimum absolute atomic E-state index is 1.03. The van der Waals surface area contributed by atoms with Gasteiger partial charge in [-0.05, 0) is 97.5 Å². The second-order valence-corrected chi connectivity index (χ2v) is 18.0. The quantitative estimate of drug-likeness (QED) is 0.0917. The van der Waals surface area contributed by atoms with Crippen LogP contribution in [0.4, 0.5) is 0 Å². The van der Waals surface area contributed by atoms with Crippen LogP contribution in [0.5, 0.6) is 0 Å². The Morgan fingerprint density at radius 1 is 0.203 bits per heavy atom. The van der Waals surface area contributed by atoms with Crippen molar-refractivity contribution in [2.45, 2.75) is 77.5 Å². The molecule has 0 radical (unpaired) electrons. The summed E-state index contributed by atoms with van der Waals surface area (Å²) in [6.07, 6.45) is 9.62. The molecule has 0 saturated heterocycles. The second kappa shape index (κ2) is 16.6. The lowest BCUT2D eigenvalue weighted by atomic mass is 10.0. The number of nitrogens with zero attached hydrogens (tertiary/aromatic N) is 4. The Balaban J connectivity index is 0.732. The maximum atomic E-state index is 2.57. The fourth-order valence-corrected chi connectivity index (χ4v) is 11.2. The highest BCUT2D eigenvalue weighted by Gasteiger charge is 2.16. The first kappa shape index (κ1) is 38.6. The Morgan fingerprint density at radius 3 is 0.688 bits per heavy atom. The molecule has 0 aliphatic heterocycles. The zero-order chi connectivity index (χ0) is 42.4. The average molecular weight is 831 g/mol. The highest BCUT2D eigenvalue weighted by molar-refractivity contribution is 6.12. The molecular formula is C60H54N4. The number of aryl methyl sites for hydroxylation is 4. The summed E-state index contributed by atoms with van der Waals surface area (Å²) in [4.78, 5) is 0. The molecule has 0 aliphatic rings. The third kappa shape index (κ3) is 6.66. The molecule has 0 amide bonds. The molecule has 0 aliphatic carbocycles. The highest BCUT2D eigenvalue weighted by atomic mass is 15.0. The topological polar surface area (TPSA) is 19.7 Å². The molecular weight excluding hydrogens is 777 g/mol. The van der Waals surface area contributed by atoms with Gasteiger partial charge in [0.1, 0.15) is 0 Å². The van der Waals surface area contributed by atoms with Crippen LogP contribution in [0.3, 0.4) is 0 Å². The summed E-state index contributed by atoms with van der Waals surface area (Å²) >= 11 is 0. The Kier molecular flexibility index (Phi) is 10.0. The van der Waals surface area contributed by atoms with Crippen molar-refractivity contribution < 1.29 is 0 Å². The SMILES string of the molecule is c1ccc2c(c1)c1ccccc1n2CCCCCCn1c2ccccc2c2cc(-c3ccc4c(c3)c3ccccc3n4CCCCCCn3c4ccccc4c4ccccc43)ccc21. The van der Waals surface area contributed by atoms with Gasteiger partial charge in [-0.1, -0.05) is 147 Å². The summed E-state index contributed by atoms with van der Waals surface area (Å²) < 4.78 is 10.2. The Labute approximate surface area is 374 Å². The molecule has 4 heterocycles.